The number of hydrogen-bond donors (Lipinski definition) is 3. The largest absolute Gasteiger partial charge is 0.445 e. The molecular weight excluding hydrogens is 430 g/mol. The quantitative estimate of drug-likeness (QED) is 0.547. The van der Waals surface area contributed by atoms with Crippen LogP contribution in [-0.4, -0.2) is 34.4 Å². The van der Waals surface area contributed by atoms with Gasteiger partial charge in [0.2, 0.25) is 0 Å². The second-order valence-corrected chi connectivity index (χ2v) is 9.01. The molecule has 2 atom stereocenters. The minimum absolute atomic E-state index is 0.0463. The van der Waals surface area contributed by atoms with Gasteiger partial charge in [-0.2, -0.15) is 0 Å². The highest BCUT2D eigenvalue weighted by Gasteiger charge is 2.33. The van der Waals surface area contributed by atoms with E-state index < -0.39 is 6.09 Å². The monoisotopic (exact) mass is 459 g/mol. The van der Waals surface area contributed by atoms with E-state index in [0.29, 0.717) is 31.5 Å². The number of amides is 1. The van der Waals surface area contributed by atoms with Crippen LogP contribution in [0.15, 0.2) is 48.5 Å². The zero-order valence-corrected chi connectivity index (χ0v) is 19.2. The Labute approximate surface area is 198 Å². The number of carbonyl (C=O) groups is 2. The third kappa shape index (κ3) is 4.23. The molecule has 8 heteroatoms. The van der Waals surface area contributed by atoms with E-state index in [1.165, 1.54) is 4.68 Å². The number of ether oxygens (including phenoxy) is 1. The first-order valence-corrected chi connectivity index (χ1v) is 11.7. The van der Waals surface area contributed by atoms with Gasteiger partial charge in [-0.15, -0.1) is 5.10 Å². The smallest absolute Gasteiger partial charge is 0.407 e. The summed E-state index contributed by atoms with van der Waals surface area (Å²) in [7, 11) is 0. The summed E-state index contributed by atoms with van der Waals surface area (Å²) in [6.45, 7) is 3.01. The number of aromatic nitrogens is 2. The highest BCUT2D eigenvalue weighted by molar-refractivity contribution is 5.89. The van der Waals surface area contributed by atoms with Gasteiger partial charge in [0.15, 0.2) is 0 Å². The van der Waals surface area contributed by atoms with Crippen molar-refractivity contribution >= 4 is 23.5 Å². The Morgan fingerprint density at radius 2 is 2.00 bits per heavy atom. The number of nitrogens with two attached hydrogens (primary N) is 1. The number of nitrogen functional groups attached to an aromatic ring is 1. The third-order valence-corrected chi connectivity index (χ3v) is 6.76. The van der Waals surface area contributed by atoms with Gasteiger partial charge in [-0.05, 0) is 49.3 Å². The van der Waals surface area contributed by atoms with E-state index in [1.54, 1.807) is 0 Å². The molecule has 0 saturated carbocycles. The van der Waals surface area contributed by atoms with Crippen LogP contribution in [0.1, 0.15) is 51.5 Å². The molecule has 1 aromatic heterocycles. The molecule has 8 nitrogen and oxygen atoms in total. The fourth-order valence-corrected chi connectivity index (χ4v) is 5.00. The molecule has 0 radical (unpaired) electrons. The van der Waals surface area contributed by atoms with Crippen molar-refractivity contribution in [1.82, 2.24) is 15.1 Å². The Balaban J connectivity index is 1.28. The summed E-state index contributed by atoms with van der Waals surface area (Å²) < 4.78 is 6.86. The van der Waals surface area contributed by atoms with Gasteiger partial charge in [0.25, 0.3) is 5.91 Å². The topological polar surface area (TPSA) is 111 Å². The number of nitrogens with zero attached hydrogens (tertiary/aromatic N) is 2. The van der Waals surface area contributed by atoms with Crippen molar-refractivity contribution in [3.8, 4) is 0 Å². The van der Waals surface area contributed by atoms with Crippen LogP contribution in [0.5, 0.6) is 0 Å². The number of fused-ring (bicyclic) bond motifs is 2. The second-order valence-electron chi connectivity index (χ2n) is 9.01. The molecule has 4 N–H and O–H groups in total. The Morgan fingerprint density at radius 1 is 1.18 bits per heavy atom. The minimum atomic E-state index is -0.457. The third-order valence-electron chi connectivity index (χ3n) is 6.76. The lowest BCUT2D eigenvalue weighted by Crippen LogP contribution is -2.39. The van der Waals surface area contributed by atoms with Crippen LogP contribution < -0.4 is 16.4 Å². The van der Waals surface area contributed by atoms with Crippen LogP contribution in [0, 0.1) is 6.92 Å². The Kier molecular flexibility index (Phi) is 5.96. The van der Waals surface area contributed by atoms with Gasteiger partial charge in [0.1, 0.15) is 12.4 Å². The maximum Gasteiger partial charge on any atom is 0.407 e. The number of para-hydroxylation sites is 1. The van der Waals surface area contributed by atoms with E-state index in [2.05, 4.69) is 15.7 Å². The van der Waals surface area contributed by atoms with Gasteiger partial charge in [-0.1, -0.05) is 48.5 Å². The van der Waals surface area contributed by atoms with Crippen molar-refractivity contribution in [2.45, 2.75) is 51.2 Å². The zero-order chi connectivity index (χ0) is 23.7. The summed E-state index contributed by atoms with van der Waals surface area (Å²) in [5.74, 6) is 0.0456. The molecule has 2 aliphatic rings. The molecule has 176 valence electrons. The maximum absolute atomic E-state index is 13.6. The Hall–Kier alpha value is -3.81. The van der Waals surface area contributed by atoms with Gasteiger partial charge in [0.05, 0.1) is 11.6 Å². The standard InChI is InChI=1S/C26H29N5O3/c1-16-6-5-9-19-20(12-13-28-23(16)19)25(32)31-22-11-10-18(14-21(22)24(27)30-31)29-26(33)34-15-17-7-3-2-4-8-17/h2-9,18,20,28H,10-15H2,1H3,(H2,27,30)(H,29,33)/t18-,20?/m0/s1. The summed E-state index contributed by atoms with van der Waals surface area (Å²) in [5.41, 5.74) is 12.0. The molecule has 1 aliphatic heterocycles. The van der Waals surface area contributed by atoms with Crippen LogP contribution in [0.25, 0.3) is 0 Å². The maximum atomic E-state index is 13.6. The number of rotatable bonds is 4. The molecule has 3 aromatic rings. The average molecular weight is 460 g/mol. The van der Waals surface area contributed by atoms with Crippen molar-refractivity contribution in [2.24, 2.45) is 0 Å². The molecule has 0 bridgehead atoms. The lowest BCUT2D eigenvalue weighted by atomic mass is 9.88. The summed E-state index contributed by atoms with van der Waals surface area (Å²) in [4.78, 5) is 25.9. The Bertz CT molecular complexity index is 1220. The molecule has 0 spiro atoms. The number of carbonyl (C=O) groups excluding carboxylic acids is 2. The SMILES string of the molecule is Cc1cccc2c1NCCC2C(=O)n1nc(N)c2c1CC[C@H](NC(=O)OCc1ccccc1)C2. The molecule has 2 aromatic carbocycles. The van der Waals surface area contributed by atoms with E-state index in [9.17, 15) is 9.59 Å². The number of hydrogen-bond acceptors (Lipinski definition) is 6. The number of alkyl carbamates (subject to hydrolysis) is 1. The van der Waals surface area contributed by atoms with Crippen molar-refractivity contribution in [1.29, 1.82) is 0 Å². The first-order chi connectivity index (χ1) is 16.5. The summed E-state index contributed by atoms with van der Waals surface area (Å²) in [6.07, 6.45) is 2.08. The number of benzene rings is 2. The van der Waals surface area contributed by atoms with Gasteiger partial charge in [0, 0.05) is 23.8 Å². The van der Waals surface area contributed by atoms with Crippen LogP contribution in [0.2, 0.25) is 0 Å². The van der Waals surface area contributed by atoms with E-state index in [-0.39, 0.29) is 24.5 Å². The highest BCUT2D eigenvalue weighted by atomic mass is 16.5. The lowest BCUT2D eigenvalue weighted by molar-refractivity contribution is 0.0851. The molecule has 34 heavy (non-hydrogen) atoms. The number of nitrogens with one attached hydrogen (secondary N) is 2. The second kappa shape index (κ2) is 9.21. The predicted octanol–water partition coefficient (Wildman–Crippen LogP) is 3.80. The molecular formula is C26H29N5O3. The Morgan fingerprint density at radius 3 is 2.82 bits per heavy atom. The normalized spacial score (nSPS) is 18.9. The minimum Gasteiger partial charge on any atom is -0.445 e. The van der Waals surface area contributed by atoms with Gasteiger partial charge < -0.3 is 21.1 Å². The average Bonchev–Trinajstić information content (AvgIpc) is 3.19. The van der Waals surface area contributed by atoms with Gasteiger partial charge in [-0.25, -0.2) is 9.48 Å². The molecule has 1 unspecified atom stereocenters. The zero-order valence-electron chi connectivity index (χ0n) is 19.2. The van der Waals surface area contributed by atoms with Crippen molar-refractivity contribution in [3.05, 3.63) is 76.5 Å². The van der Waals surface area contributed by atoms with Crippen molar-refractivity contribution < 1.29 is 14.3 Å². The van der Waals surface area contributed by atoms with Gasteiger partial charge in [-0.3, -0.25) is 4.79 Å². The van der Waals surface area contributed by atoms with Crippen LogP contribution in [0.3, 0.4) is 0 Å². The number of anilines is 2. The van der Waals surface area contributed by atoms with Crippen LogP contribution >= 0.6 is 0 Å². The molecule has 1 amide bonds. The van der Waals surface area contributed by atoms with E-state index in [4.69, 9.17) is 10.5 Å². The summed E-state index contributed by atoms with van der Waals surface area (Å²) >= 11 is 0. The highest BCUT2D eigenvalue weighted by Crippen LogP contribution is 2.36. The van der Waals surface area contributed by atoms with Crippen LogP contribution in [0.4, 0.5) is 16.3 Å². The predicted molar refractivity (Wildman–Crippen MR) is 130 cm³/mol. The van der Waals surface area contributed by atoms with Gasteiger partial charge >= 0.3 is 6.09 Å². The van der Waals surface area contributed by atoms with Crippen molar-refractivity contribution in [3.63, 3.8) is 0 Å². The lowest BCUT2D eigenvalue weighted by Gasteiger charge is -2.28. The first-order valence-electron chi connectivity index (χ1n) is 11.7. The molecule has 2 heterocycles. The van der Waals surface area contributed by atoms with Crippen molar-refractivity contribution in [2.75, 3.05) is 17.6 Å². The fraction of sp³-hybridized carbons (Fsp3) is 0.346. The fourth-order valence-electron chi connectivity index (χ4n) is 5.00. The summed E-state index contributed by atoms with van der Waals surface area (Å²) in [5, 5.41) is 10.8. The summed E-state index contributed by atoms with van der Waals surface area (Å²) in [6, 6.07) is 15.5. The molecule has 0 fully saturated rings. The molecule has 1 aliphatic carbocycles. The molecule has 5 rings (SSSR count). The van der Waals surface area contributed by atoms with E-state index in [0.717, 1.165) is 40.2 Å². The van der Waals surface area contributed by atoms with E-state index in [1.807, 2.05) is 55.5 Å². The molecule has 0 saturated heterocycles. The number of aryl methyl sites for hydroxylation is 1. The van der Waals surface area contributed by atoms with Crippen LogP contribution in [-0.2, 0) is 24.2 Å². The first kappa shape index (κ1) is 22.0. The van der Waals surface area contributed by atoms with E-state index >= 15 is 0 Å².